The van der Waals surface area contributed by atoms with E-state index in [1.54, 1.807) is 35.3 Å². The van der Waals surface area contributed by atoms with Crippen molar-refractivity contribution in [3.8, 4) is 5.82 Å². The second kappa shape index (κ2) is 6.14. The molecule has 0 radical (unpaired) electrons. The third-order valence-corrected chi connectivity index (χ3v) is 4.25. The summed E-state index contributed by atoms with van der Waals surface area (Å²) in [4.78, 5) is 20.4. The normalized spacial score (nSPS) is 15.9. The molecule has 1 atom stereocenters. The van der Waals surface area contributed by atoms with Gasteiger partial charge in [-0.2, -0.15) is 5.10 Å². The molecule has 3 aromatic rings. The molecule has 124 valence electrons. The number of hydrogen-bond acceptors (Lipinski definition) is 5. The van der Waals surface area contributed by atoms with Gasteiger partial charge in [-0.1, -0.05) is 29.8 Å². The van der Waals surface area contributed by atoms with Gasteiger partial charge in [-0.3, -0.25) is 4.79 Å². The van der Waals surface area contributed by atoms with Gasteiger partial charge in [0.05, 0.1) is 16.9 Å². The zero-order valence-corrected chi connectivity index (χ0v) is 14.0. The molecule has 7 heteroatoms. The standard InChI is InChI=1S/C18H13ClN4O2/c1-11-4-2-5-12-15(10-24)25-18(22-16(11)12)14-7-9-21-23(14)17-13(19)6-3-8-20-17/h2-10,15H,1H3. The van der Waals surface area contributed by atoms with E-state index >= 15 is 0 Å². The first-order chi connectivity index (χ1) is 12.2. The molecule has 6 nitrogen and oxygen atoms in total. The van der Waals surface area contributed by atoms with Crippen molar-refractivity contribution in [2.75, 3.05) is 0 Å². The van der Waals surface area contributed by atoms with Crippen molar-refractivity contribution in [1.29, 1.82) is 0 Å². The zero-order valence-electron chi connectivity index (χ0n) is 13.3. The minimum absolute atomic E-state index is 0.304. The molecule has 1 aliphatic heterocycles. The monoisotopic (exact) mass is 352 g/mol. The van der Waals surface area contributed by atoms with Crippen LogP contribution in [0.1, 0.15) is 22.9 Å². The van der Waals surface area contributed by atoms with E-state index in [4.69, 9.17) is 16.3 Å². The van der Waals surface area contributed by atoms with E-state index in [0.29, 0.717) is 22.4 Å². The number of rotatable bonds is 3. The molecule has 4 rings (SSSR count). The van der Waals surface area contributed by atoms with Crippen LogP contribution in [-0.2, 0) is 9.53 Å². The molecule has 1 aliphatic rings. The minimum atomic E-state index is -0.718. The summed E-state index contributed by atoms with van der Waals surface area (Å²) in [5, 5.41) is 4.72. The van der Waals surface area contributed by atoms with Gasteiger partial charge in [0.2, 0.25) is 5.90 Å². The average Bonchev–Trinajstić information content (AvgIpc) is 3.11. The minimum Gasteiger partial charge on any atom is -0.460 e. The fourth-order valence-corrected chi connectivity index (χ4v) is 2.96. The molecule has 1 aromatic carbocycles. The molecule has 0 aliphatic carbocycles. The first-order valence-electron chi connectivity index (χ1n) is 7.64. The van der Waals surface area contributed by atoms with Gasteiger partial charge in [-0.15, -0.1) is 0 Å². The van der Waals surface area contributed by atoms with Crippen LogP contribution in [0.15, 0.2) is 53.8 Å². The average molecular weight is 353 g/mol. The van der Waals surface area contributed by atoms with Crippen LogP contribution in [0.25, 0.3) is 5.82 Å². The molecule has 0 fully saturated rings. The van der Waals surface area contributed by atoms with Gasteiger partial charge in [0.1, 0.15) is 5.69 Å². The third kappa shape index (κ3) is 2.60. The Labute approximate surface area is 148 Å². The van der Waals surface area contributed by atoms with E-state index in [0.717, 1.165) is 23.1 Å². The molecular weight excluding hydrogens is 340 g/mol. The lowest BCUT2D eigenvalue weighted by Crippen LogP contribution is -2.21. The van der Waals surface area contributed by atoms with E-state index in [-0.39, 0.29) is 0 Å². The second-order valence-corrected chi connectivity index (χ2v) is 5.95. The molecule has 2 aromatic heterocycles. The number of carbonyl (C=O) groups excluding carboxylic acids is 1. The van der Waals surface area contributed by atoms with E-state index in [9.17, 15) is 4.79 Å². The van der Waals surface area contributed by atoms with Crippen molar-refractivity contribution in [3.63, 3.8) is 0 Å². The molecular formula is C18H13ClN4O2. The third-order valence-electron chi connectivity index (χ3n) is 3.95. The highest BCUT2D eigenvalue weighted by molar-refractivity contribution is 6.32. The van der Waals surface area contributed by atoms with Crippen molar-refractivity contribution in [3.05, 3.63) is 70.6 Å². The van der Waals surface area contributed by atoms with Gasteiger partial charge in [0.15, 0.2) is 18.2 Å². The van der Waals surface area contributed by atoms with E-state index in [2.05, 4.69) is 15.1 Å². The Kier molecular flexibility index (Phi) is 3.82. The number of aliphatic imine (C=N–C) groups is 1. The number of aromatic nitrogens is 3. The van der Waals surface area contributed by atoms with Crippen molar-refractivity contribution >= 4 is 29.5 Å². The van der Waals surface area contributed by atoms with Gasteiger partial charge >= 0.3 is 0 Å². The van der Waals surface area contributed by atoms with Gasteiger partial charge in [-0.25, -0.2) is 14.7 Å². The number of fused-ring (bicyclic) bond motifs is 1. The number of halogens is 1. The van der Waals surface area contributed by atoms with Crippen LogP contribution >= 0.6 is 11.6 Å². The maximum atomic E-state index is 11.5. The number of pyridine rings is 1. The van der Waals surface area contributed by atoms with Crippen LogP contribution in [0.3, 0.4) is 0 Å². The summed E-state index contributed by atoms with van der Waals surface area (Å²) in [5.74, 6) is 0.770. The van der Waals surface area contributed by atoms with Crippen LogP contribution in [0.5, 0.6) is 0 Å². The maximum Gasteiger partial charge on any atom is 0.241 e. The first kappa shape index (κ1) is 15.5. The maximum absolute atomic E-state index is 11.5. The predicted octanol–water partition coefficient (Wildman–Crippen LogP) is 3.58. The molecule has 0 N–H and O–H groups in total. The molecule has 0 saturated heterocycles. The summed E-state index contributed by atoms with van der Waals surface area (Å²) in [6.07, 6.45) is 3.28. The van der Waals surface area contributed by atoms with Gasteiger partial charge in [0, 0.05) is 11.8 Å². The Morgan fingerprint density at radius 1 is 1.20 bits per heavy atom. The van der Waals surface area contributed by atoms with Crippen LogP contribution in [0.4, 0.5) is 5.69 Å². The molecule has 0 spiro atoms. The smallest absolute Gasteiger partial charge is 0.241 e. The Balaban J connectivity index is 1.87. The summed E-state index contributed by atoms with van der Waals surface area (Å²) in [7, 11) is 0. The largest absolute Gasteiger partial charge is 0.460 e. The Bertz CT molecular complexity index is 996. The number of para-hydroxylation sites is 1. The van der Waals surface area contributed by atoms with Gasteiger partial charge in [-0.05, 0) is 30.7 Å². The highest BCUT2D eigenvalue weighted by Gasteiger charge is 2.27. The van der Waals surface area contributed by atoms with Crippen molar-refractivity contribution in [2.45, 2.75) is 13.0 Å². The van der Waals surface area contributed by atoms with Crippen LogP contribution in [-0.4, -0.2) is 26.9 Å². The van der Waals surface area contributed by atoms with E-state index in [1.165, 1.54) is 0 Å². The summed E-state index contributed by atoms with van der Waals surface area (Å²) < 4.78 is 7.36. The van der Waals surface area contributed by atoms with Gasteiger partial charge < -0.3 is 4.74 Å². The number of benzene rings is 1. The van der Waals surface area contributed by atoms with Crippen molar-refractivity contribution in [2.24, 2.45) is 4.99 Å². The summed E-state index contributed by atoms with van der Waals surface area (Å²) >= 11 is 6.23. The summed E-state index contributed by atoms with van der Waals surface area (Å²) in [5.41, 5.74) is 3.02. The van der Waals surface area contributed by atoms with Crippen LogP contribution in [0.2, 0.25) is 5.02 Å². The van der Waals surface area contributed by atoms with Crippen LogP contribution in [0, 0.1) is 6.92 Å². The topological polar surface area (TPSA) is 69.4 Å². The second-order valence-electron chi connectivity index (χ2n) is 5.54. The molecule has 0 amide bonds. The van der Waals surface area contributed by atoms with Crippen molar-refractivity contribution < 1.29 is 9.53 Å². The molecule has 1 unspecified atom stereocenters. The van der Waals surface area contributed by atoms with Crippen LogP contribution < -0.4 is 0 Å². The number of ether oxygens (including phenoxy) is 1. The van der Waals surface area contributed by atoms with E-state index < -0.39 is 6.10 Å². The fourth-order valence-electron chi connectivity index (χ4n) is 2.76. The van der Waals surface area contributed by atoms with Crippen molar-refractivity contribution in [1.82, 2.24) is 14.8 Å². The SMILES string of the molecule is Cc1cccc2c1N=C(c1ccnn1-c1ncccc1Cl)OC2C=O. The van der Waals surface area contributed by atoms with E-state index in [1.807, 2.05) is 25.1 Å². The lowest BCUT2D eigenvalue weighted by Gasteiger charge is -2.23. The quantitative estimate of drug-likeness (QED) is 0.675. The molecule has 0 saturated carbocycles. The predicted molar refractivity (Wildman–Crippen MR) is 93.6 cm³/mol. The Hall–Kier alpha value is -2.99. The van der Waals surface area contributed by atoms with Gasteiger partial charge in [0.25, 0.3) is 0 Å². The first-order valence-corrected chi connectivity index (χ1v) is 8.02. The highest BCUT2D eigenvalue weighted by Crippen LogP contribution is 2.35. The fraction of sp³-hybridized carbons (Fsp3) is 0.111. The summed E-state index contributed by atoms with van der Waals surface area (Å²) in [6, 6.07) is 10.9. The lowest BCUT2D eigenvalue weighted by molar-refractivity contribution is -0.114. The number of hydrogen-bond donors (Lipinski definition) is 0. The summed E-state index contributed by atoms with van der Waals surface area (Å²) in [6.45, 7) is 1.94. The number of aldehydes is 1. The number of nitrogens with zero attached hydrogens (tertiary/aromatic N) is 4. The zero-order chi connectivity index (χ0) is 17.4. The highest BCUT2D eigenvalue weighted by atomic mass is 35.5. The molecule has 25 heavy (non-hydrogen) atoms. The molecule has 3 heterocycles. The molecule has 0 bridgehead atoms. The Morgan fingerprint density at radius 2 is 2.08 bits per heavy atom. The number of aryl methyl sites for hydroxylation is 1. The Morgan fingerprint density at radius 3 is 2.88 bits per heavy atom. The number of carbonyl (C=O) groups is 1. The lowest BCUT2D eigenvalue weighted by atomic mass is 10.0.